The Labute approximate surface area is 195 Å². The Kier molecular flexibility index (Phi) is 5.39. The Morgan fingerprint density at radius 3 is 2.44 bits per heavy atom. The number of nitrogens with zero attached hydrogens (tertiary/aromatic N) is 2. The highest BCUT2D eigenvalue weighted by Crippen LogP contribution is 2.54. The van der Waals surface area contributed by atoms with Crippen LogP contribution in [0.15, 0.2) is 60.7 Å². The Morgan fingerprint density at radius 2 is 1.79 bits per heavy atom. The fraction of sp³-hybridized carbons (Fsp3) is 0.320. The molecule has 9 heteroatoms. The van der Waals surface area contributed by atoms with Crippen LogP contribution in [0.1, 0.15) is 24.4 Å². The van der Waals surface area contributed by atoms with Gasteiger partial charge in [0, 0.05) is 17.8 Å². The molecule has 1 N–H and O–H groups in total. The van der Waals surface area contributed by atoms with E-state index in [9.17, 15) is 24.5 Å². The molecule has 0 radical (unpaired) electrons. The predicted octanol–water partition coefficient (Wildman–Crippen LogP) is 3.48. The van der Waals surface area contributed by atoms with Crippen molar-refractivity contribution < 1.29 is 24.0 Å². The topological polar surface area (TPSA) is 119 Å². The first-order valence-corrected chi connectivity index (χ1v) is 11.1. The molecule has 3 amide bonds. The molecule has 5 unspecified atom stereocenters. The maximum atomic E-state index is 13.4. The van der Waals surface area contributed by atoms with Gasteiger partial charge in [-0.3, -0.25) is 29.4 Å². The first-order valence-electron chi connectivity index (χ1n) is 11.1. The number of anilines is 1. The van der Waals surface area contributed by atoms with Gasteiger partial charge in [-0.1, -0.05) is 30.4 Å². The first-order chi connectivity index (χ1) is 16.4. The van der Waals surface area contributed by atoms with Crippen molar-refractivity contribution in [2.45, 2.75) is 18.9 Å². The first kappa shape index (κ1) is 21.8. The molecule has 3 aliphatic rings. The van der Waals surface area contributed by atoms with E-state index in [1.54, 1.807) is 30.3 Å². The summed E-state index contributed by atoms with van der Waals surface area (Å²) in [6, 6.07) is 11.8. The predicted molar refractivity (Wildman–Crippen MR) is 122 cm³/mol. The molecule has 2 aromatic carbocycles. The largest absolute Gasteiger partial charge is 0.497 e. The van der Waals surface area contributed by atoms with Gasteiger partial charge in [0.25, 0.3) is 5.69 Å². The van der Waals surface area contributed by atoms with Crippen LogP contribution in [0.4, 0.5) is 11.4 Å². The van der Waals surface area contributed by atoms with Crippen LogP contribution in [0, 0.1) is 33.8 Å². The lowest BCUT2D eigenvalue weighted by atomic mass is 9.85. The number of methoxy groups -OCH3 is 1. The van der Waals surface area contributed by atoms with Crippen molar-refractivity contribution in [2.75, 3.05) is 12.4 Å². The molecule has 2 bridgehead atoms. The molecule has 0 spiro atoms. The number of hydrogen-bond acceptors (Lipinski definition) is 6. The summed E-state index contributed by atoms with van der Waals surface area (Å²) in [6.07, 6.45) is 4.68. The average Bonchev–Trinajstić information content (AvgIpc) is 3.51. The van der Waals surface area contributed by atoms with E-state index in [0.29, 0.717) is 11.3 Å². The summed E-state index contributed by atoms with van der Waals surface area (Å²) in [6.45, 7) is 0. The summed E-state index contributed by atoms with van der Waals surface area (Å²) < 4.78 is 5.31. The Hall–Kier alpha value is -4.01. The standard InChI is InChI=1S/C25H23N3O6/c1-34-19-7-2-4-14(11-19)20(13-21(29)26-17-5-3-6-18(12-17)28(32)33)27-24(30)22-15-8-9-16(10-15)23(22)25(27)31/h2-9,11-12,15-16,20,22-23H,10,13H2,1H3,(H,26,29). The van der Waals surface area contributed by atoms with E-state index in [4.69, 9.17) is 4.74 Å². The van der Waals surface area contributed by atoms with E-state index in [0.717, 1.165) is 6.42 Å². The van der Waals surface area contributed by atoms with Crippen molar-refractivity contribution in [3.05, 3.63) is 76.4 Å². The molecule has 1 aliphatic heterocycles. The Morgan fingerprint density at radius 1 is 1.12 bits per heavy atom. The number of likely N-dealkylation sites (tertiary alicyclic amines) is 1. The number of carbonyl (C=O) groups is 3. The second-order valence-electron chi connectivity index (χ2n) is 8.90. The fourth-order valence-corrected chi connectivity index (χ4v) is 5.52. The number of fused-ring (bicyclic) bond motifs is 5. The third-order valence-corrected chi connectivity index (χ3v) is 7.01. The van der Waals surface area contributed by atoms with E-state index in [1.807, 2.05) is 12.2 Å². The monoisotopic (exact) mass is 461 g/mol. The average molecular weight is 461 g/mol. The molecule has 2 aliphatic carbocycles. The number of allylic oxidation sites excluding steroid dienone is 2. The van der Waals surface area contributed by atoms with Gasteiger partial charge in [0.15, 0.2) is 0 Å². The van der Waals surface area contributed by atoms with E-state index in [2.05, 4.69) is 5.32 Å². The van der Waals surface area contributed by atoms with E-state index < -0.39 is 16.9 Å². The van der Waals surface area contributed by atoms with Gasteiger partial charge in [0.05, 0.1) is 36.3 Å². The molecule has 2 fully saturated rings. The summed E-state index contributed by atoms with van der Waals surface area (Å²) in [4.78, 5) is 51.7. The maximum absolute atomic E-state index is 13.4. The second-order valence-corrected chi connectivity index (χ2v) is 8.90. The smallest absolute Gasteiger partial charge is 0.271 e. The number of hydrogen-bond donors (Lipinski definition) is 1. The second kappa shape index (κ2) is 8.40. The van der Waals surface area contributed by atoms with Gasteiger partial charge >= 0.3 is 0 Å². The third-order valence-electron chi connectivity index (χ3n) is 7.01. The summed E-state index contributed by atoms with van der Waals surface area (Å²) >= 11 is 0. The molecular weight excluding hydrogens is 438 g/mol. The minimum Gasteiger partial charge on any atom is -0.497 e. The lowest BCUT2D eigenvalue weighted by molar-refractivity contribution is -0.384. The normalized spacial score (nSPS) is 25.4. The molecule has 9 nitrogen and oxygen atoms in total. The number of non-ortho nitro benzene ring substituents is 1. The lowest BCUT2D eigenvalue weighted by Crippen LogP contribution is -2.38. The van der Waals surface area contributed by atoms with Gasteiger partial charge in [-0.2, -0.15) is 0 Å². The number of nitrogens with one attached hydrogen (secondary N) is 1. The molecular formula is C25H23N3O6. The van der Waals surface area contributed by atoms with E-state index in [1.165, 1.54) is 30.2 Å². The molecule has 1 saturated carbocycles. The van der Waals surface area contributed by atoms with Crippen molar-refractivity contribution in [3.8, 4) is 5.75 Å². The zero-order valence-electron chi connectivity index (χ0n) is 18.4. The summed E-state index contributed by atoms with van der Waals surface area (Å²) in [5.41, 5.74) is 0.722. The summed E-state index contributed by atoms with van der Waals surface area (Å²) in [7, 11) is 1.52. The molecule has 2 aromatic rings. The third kappa shape index (κ3) is 3.63. The number of rotatable bonds is 7. The Bertz CT molecular complexity index is 1190. The summed E-state index contributed by atoms with van der Waals surface area (Å²) in [5, 5.41) is 13.7. The molecule has 0 aromatic heterocycles. The van der Waals surface area contributed by atoms with Crippen LogP contribution in [0.3, 0.4) is 0 Å². The molecule has 34 heavy (non-hydrogen) atoms. The van der Waals surface area contributed by atoms with Gasteiger partial charge in [0.1, 0.15) is 5.75 Å². The van der Waals surface area contributed by atoms with Crippen molar-refractivity contribution in [1.29, 1.82) is 0 Å². The number of imide groups is 1. The van der Waals surface area contributed by atoms with Gasteiger partial charge in [-0.05, 0) is 42.0 Å². The minimum atomic E-state index is -0.821. The van der Waals surface area contributed by atoms with Gasteiger partial charge in [0.2, 0.25) is 17.7 Å². The molecule has 174 valence electrons. The lowest BCUT2D eigenvalue weighted by Gasteiger charge is -2.28. The van der Waals surface area contributed by atoms with Crippen LogP contribution in [0.2, 0.25) is 0 Å². The molecule has 5 rings (SSSR count). The SMILES string of the molecule is COc1cccc(C(CC(=O)Nc2cccc([N+](=O)[O-])c2)N2C(=O)C3C4C=CC(C4)C3C2=O)c1. The van der Waals surface area contributed by atoms with Crippen molar-refractivity contribution in [2.24, 2.45) is 23.7 Å². The zero-order chi connectivity index (χ0) is 24.0. The number of ether oxygens (including phenoxy) is 1. The van der Waals surface area contributed by atoms with Crippen LogP contribution in [-0.2, 0) is 14.4 Å². The molecule has 5 atom stereocenters. The van der Waals surface area contributed by atoms with Crippen LogP contribution in [-0.4, -0.2) is 34.7 Å². The van der Waals surface area contributed by atoms with E-state index >= 15 is 0 Å². The zero-order valence-corrected chi connectivity index (χ0v) is 18.4. The van der Waals surface area contributed by atoms with Crippen molar-refractivity contribution >= 4 is 29.1 Å². The highest BCUT2D eigenvalue weighted by Gasteiger charge is 2.60. The number of nitro benzene ring substituents is 1. The summed E-state index contributed by atoms with van der Waals surface area (Å²) in [5.74, 6) is -1.06. The number of benzene rings is 2. The van der Waals surface area contributed by atoms with Crippen LogP contribution >= 0.6 is 0 Å². The molecule has 1 saturated heterocycles. The van der Waals surface area contributed by atoms with Gasteiger partial charge in [-0.15, -0.1) is 0 Å². The number of nitro groups is 1. The Balaban J connectivity index is 1.44. The van der Waals surface area contributed by atoms with Gasteiger partial charge < -0.3 is 10.1 Å². The maximum Gasteiger partial charge on any atom is 0.271 e. The minimum absolute atomic E-state index is 0.0566. The highest BCUT2D eigenvalue weighted by atomic mass is 16.6. The quantitative estimate of drug-likeness (QED) is 0.292. The van der Waals surface area contributed by atoms with Gasteiger partial charge in [-0.25, -0.2) is 0 Å². The van der Waals surface area contributed by atoms with Crippen LogP contribution in [0.25, 0.3) is 0 Å². The van der Waals surface area contributed by atoms with Crippen LogP contribution < -0.4 is 10.1 Å². The fourth-order valence-electron chi connectivity index (χ4n) is 5.52. The highest BCUT2D eigenvalue weighted by molar-refractivity contribution is 6.07. The van der Waals surface area contributed by atoms with Crippen molar-refractivity contribution in [3.63, 3.8) is 0 Å². The molecule has 1 heterocycles. The number of carbonyl (C=O) groups excluding carboxylic acids is 3. The number of amides is 3. The van der Waals surface area contributed by atoms with Crippen LogP contribution in [0.5, 0.6) is 5.75 Å². The van der Waals surface area contributed by atoms with E-state index in [-0.39, 0.29) is 53.3 Å². The van der Waals surface area contributed by atoms with Crippen molar-refractivity contribution in [1.82, 2.24) is 4.90 Å².